The van der Waals surface area contributed by atoms with Gasteiger partial charge < -0.3 is 10.4 Å². The van der Waals surface area contributed by atoms with Gasteiger partial charge in [0.1, 0.15) is 5.69 Å². The lowest BCUT2D eigenvalue weighted by molar-refractivity contribution is -0.131. The fourth-order valence-electron chi connectivity index (χ4n) is 0.696. The van der Waals surface area contributed by atoms with E-state index in [1.807, 2.05) is 0 Å². The van der Waals surface area contributed by atoms with Crippen molar-refractivity contribution in [3.8, 4) is 0 Å². The van der Waals surface area contributed by atoms with Crippen LogP contribution in [0.4, 0.5) is 5.13 Å². The molecular formula is C7H6N2O4S. The van der Waals surface area contributed by atoms with Gasteiger partial charge in [-0.05, 0) is 0 Å². The van der Waals surface area contributed by atoms with Crippen molar-refractivity contribution in [1.82, 2.24) is 4.98 Å². The molecule has 2 N–H and O–H groups in total. The van der Waals surface area contributed by atoms with Crippen molar-refractivity contribution in [3.63, 3.8) is 0 Å². The van der Waals surface area contributed by atoms with Gasteiger partial charge in [-0.25, -0.2) is 9.78 Å². The Morgan fingerprint density at radius 3 is 2.64 bits per heavy atom. The molecule has 0 aromatic carbocycles. The minimum atomic E-state index is -1.57. The van der Waals surface area contributed by atoms with Crippen molar-refractivity contribution in [1.29, 1.82) is 0 Å². The number of hydrogen-bond donors (Lipinski definition) is 2. The number of aromatic nitrogens is 1. The lowest BCUT2D eigenvalue weighted by Crippen LogP contribution is -2.13. The number of carbonyl (C=O) groups is 3. The summed E-state index contributed by atoms with van der Waals surface area (Å²) in [5, 5.41) is 12.2. The second kappa shape index (κ2) is 3.97. The zero-order valence-electron chi connectivity index (χ0n) is 7.10. The number of carboxylic acid groups (broad SMARTS) is 1. The average Bonchev–Trinajstić information content (AvgIpc) is 2.50. The highest BCUT2D eigenvalue weighted by atomic mass is 32.1. The van der Waals surface area contributed by atoms with Gasteiger partial charge in [-0.1, -0.05) is 0 Å². The van der Waals surface area contributed by atoms with Gasteiger partial charge in [-0.2, -0.15) is 0 Å². The molecule has 1 heterocycles. The van der Waals surface area contributed by atoms with Gasteiger partial charge in [0, 0.05) is 12.3 Å². The molecule has 0 aliphatic rings. The van der Waals surface area contributed by atoms with Crippen LogP contribution in [0.2, 0.25) is 0 Å². The van der Waals surface area contributed by atoms with E-state index in [4.69, 9.17) is 5.11 Å². The summed E-state index contributed by atoms with van der Waals surface area (Å²) in [7, 11) is 0. The molecule has 6 nitrogen and oxygen atoms in total. The molecule has 0 aliphatic carbocycles. The molecule has 0 saturated carbocycles. The minimum absolute atomic E-state index is 0.175. The SMILES string of the molecule is CC(=O)Nc1nc(C(=O)C(=O)O)cs1. The van der Waals surface area contributed by atoms with Gasteiger partial charge in [-0.15, -0.1) is 11.3 Å². The molecule has 0 atom stereocenters. The van der Waals surface area contributed by atoms with Crippen LogP contribution in [-0.4, -0.2) is 27.8 Å². The molecule has 0 unspecified atom stereocenters. The molecule has 0 fully saturated rings. The lowest BCUT2D eigenvalue weighted by atomic mass is 10.3. The fourth-order valence-corrected chi connectivity index (χ4v) is 1.43. The Morgan fingerprint density at radius 2 is 2.14 bits per heavy atom. The Labute approximate surface area is 82.6 Å². The highest BCUT2D eigenvalue weighted by Gasteiger charge is 2.18. The van der Waals surface area contributed by atoms with Crippen LogP contribution in [0.5, 0.6) is 0 Å². The molecule has 0 aliphatic heterocycles. The van der Waals surface area contributed by atoms with E-state index in [-0.39, 0.29) is 16.7 Å². The van der Waals surface area contributed by atoms with E-state index in [1.54, 1.807) is 0 Å². The molecule has 14 heavy (non-hydrogen) atoms. The van der Waals surface area contributed by atoms with Crippen molar-refractivity contribution in [2.45, 2.75) is 6.92 Å². The van der Waals surface area contributed by atoms with E-state index in [2.05, 4.69) is 10.3 Å². The number of aliphatic carboxylic acids is 1. The summed E-state index contributed by atoms with van der Waals surface area (Å²) in [4.78, 5) is 35.3. The lowest BCUT2D eigenvalue weighted by Gasteiger charge is -1.92. The van der Waals surface area contributed by atoms with E-state index >= 15 is 0 Å². The van der Waals surface area contributed by atoms with Gasteiger partial charge in [0.15, 0.2) is 5.13 Å². The molecule has 1 rings (SSSR count). The number of thiazole rings is 1. The first-order chi connectivity index (χ1) is 6.50. The number of hydrogen-bond acceptors (Lipinski definition) is 5. The van der Waals surface area contributed by atoms with Crippen molar-refractivity contribution in [3.05, 3.63) is 11.1 Å². The number of anilines is 1. The van der Waals surface area contributed by atoms with Crippen LogP contribution in [0, 0.1) is 0 Å². The van der Waals surface area contributed by atoms with E-state index in [0.717, 1.165) is 11.3 Å². The van der Waals surface area contributed by atoms with Crippen molar-refractivity contribution in [2.24, 2.45) is 0 Å². The predicted octanol–water partition coefficient (Wildman–Crippen LogP) is 0.369. The summed E-state index contributed by atoms with van der Waals surface area (Å²) < 4.78 is 0. The fraction of sp³-hybridized carbons (Fsp3) is 0.143. The monoisotopic (exact) mass is 214 g/mol. The van der Waals surface area contributed by atoms with Crippen LogP contribution in [0.1, 0.15) is 17.4 Å². The number of Topliss-reactive ketones (excluding diaryl/α,β-unsaturated/α-hetero) is 1. The molecule has 1 aromatic rings. The zero-order chi connectivity index (χ0) is 10.7. The van der Waals surface area contributed by atoms with Gasteiger partial charge >= 0.3 is 5.97 Å². The van der Waals surface area contributed by atoms with Crippen LogP contribution in [0.25, 0.3) is 0 Å². The molecule has 1 aromatic heterocycles. The average molecular weight is 214 g/mol. The second-order valence-corrected chi connectivity index (χ2v) is 3.21. The summed E-state index contributed by atoms with van der Waals surface area (Å²) >= 11 is 0.996. The standard InChI is InChI=1S/C7H6N2O4S/c1-3(10)8-7-9-4(2-14-7)5(11)6(12)13/h2H,1H3,(H,12,13)(H,8,9,10). The van der Waals surface area contributed by atoms with Gasteiger partial charge in [0.05, 0.1) is 0 Å². The number of nitrogens with zero attached hydrogens (tertiary/aromatic N) is 1. The Kier molecular flexibility index (Phi) is 2.92. The summed E-state index contributed by atoms with van der Waals surface area (Å²) in [6.45, 7) is 1.29. The third-order valence-electron chi connectivity index (χ3n) is 1.21. The molecule has 0 bridgehead atoms. The van der Waals surface area contributed by atoms with Crippen molar-refractivity contribution >= 4 is 34.1 Å². The Balaban J connectivity index is 2.83. The van der Waals surface area contributed by atoms with Crippen molar-refractivity contribution < 1.29 is 19.5 Å². The number of nitrogens with one attached hydrogen (secondary N) is 1. The summed E-state index contributed by atoms with van der Waals surface area (Å²) in [6.07, 6.45) is 0. The Bertz CT molecular complexity index is 398. The first kappa shape index (κ1) is 10.3. The maximum atomic E-state index is 10.9. The second-order valence-electron chi connectivity index (χ2n) is 2.35. The predicted molar refractivity (Wildman–Crippen MR) is 48.4 cm³/mol. The van der Waals surface area contributed by atoms with Gasteiger partial charge in [0.25, 0.3) is 5.78 Å². The molecule has 0 radical (unpaired) electrons. The molecule has 1 amide bonds. The number of ketones is 1. The number of carboxylic acids is 1. The molecule has 0 spiro atoms. The maximum absolute atomic E-state index is 10.9. The third kappa shape index (κ3) is 2.36. The van der Waals surface area contributed by atoms with Crippen molar-refractivity contribution in [2.75, 3.05) is 5.32 Å². The molecule has 74 valence electrons. The normalized spacial score (nSPS) is 9.50. The van der Waals surface area contributed by atoms with E-state index in [0.29, 0.717) is 0 Å². The number of amides is 1. The topological polar surface area (TPSA) is 96.4 Å². The summed E-state index contributed by atoms with van der Waals surface area (Å²) in [5.74, 6) is -2.98. The minimum Gasteiger partial charge on any atom is -0.475 e. The van der Waals surface area contributed by atoms with Crippen LogP contribution in [0.15, 0.2) is 5.38 Å². The van der Waals surface area contributed by atoms with Gasteiger partial charge in [-0.3, -0.25) is 9.59 Å². The quantitative estimate of drug-likeness (QED) is 0.559. The highest BCUT2D eigenvalue weighted by Crippen LogP contribution is 2.15. The Hall–Kier alpha value is -1.76. The van der Waals surface area contributed by atoms with Gasteiger partial charge in [0.2, 0.25) is 5.91 Å². The smallest absolute Gasteiger partial charge is 0.378 e. The summed E-state index contributed by atoms with van der Waals surface area (Å²) in [5.41, 5.74) is -0.175. The number of carbonyl (C=O) groups excluding carboxylic acids is 2. The summed E-state index contributed by atoms with van der Waals surface area (Å²) in [6, 6.07) is 0. The zero-order valence-corrected chi connectivity index (χ0v) is 7.92. The number of rotatable bonds is 3. The largest absolute Gasteiger partial charge is 0.475 e. The van der Waals surface area contributed by atoms with Crippen LogP contribution in [0.3, 0.4) is 0 Å². The first-order valence-electron chi connectivity index (χ1n) is 3.51. The molecule has 7 heteroatoms. The first-order valence-corrected chi connectivity index (χ1v) is 4.39. The van der Waals surface area contributed by atoms with E-state index in [1.165, 1.54) is 12.3 Å². The van der Waals surface area contributed by atoms with Crippen LogP contribution in [-0.2, 0) is 9.59 Å². The van der Waals surface area contributed by atoms with Crippen LogP contribution >= 0.6 is 11.3 Å². The van der Waals surface area contributed by atoms with E-state index < -0.39 is 11.8 Å². The highest BCUT2D eigenvalue weighted by molar-refractivity contribution is 7.14. The Morgan fingerprint density at radius 1 is 1.50 bits per heavy atom. The molecule has 0 saturated heterocycles. The third-order valence-corrected chi connectivity index (χ3v) is 1.97. The van der Waals surface area contributed by atoms with E-state index in [9.17, 15) is 14.4 Å². The van der Waals surface area contributed by atoms with Crippen LogP contribution < -0.4 is 5.32 Å². The maximum Gasteiger partial charge on any atom is 0.378 e. The molecular weight excluding hydrogens is 208 g/mol.